The van der Waals surface area contributed by atoms with Gasteiger partial charge in [-0.2, -0.15) is 4.98 Å². The highest BCUT2D eigenvalue weighted by Gasteiger charge is 2.16. The van der Waals surface area contributed by atoms with Crippen LogP contribution in [0.3, 0.4) is 0 Å². The van der Waals surface area contributed by atoms with Crippen molar-refractivity contribution in [3.63, 3.8) is 0 Å². The van der Waals surface area contributed by atoms with Gasteiger partial charge in [-0.3, -0.25) is 9.56 Å². The first-order valence-electron chi connectivity index (χ1n) is 13.6. The molecule has 0 bridgehead atoms. The lowest BCUT2D eigenvalue weighted by molar-refractivity contribution is 0.0206. The third-order valence-corrected chi connectivity index (χ3v) is 7.03. The second-order valence-electron chi connectivity index (χ2n) is 10.5. The van der Waals surface area contributed by atoms with Gasteiger partial charge in [-0.15, -0.1) is 0 Å². The number of guanidine groups is 1. The first-order chi connectivity index (χ1) is 19.6. The van der Waals surface area contributed by atoms with Crippen molar-refractivity contribution in [2.75, 3.05) is 13.2 Å². The van der Waals surface area contributed by atoms with E-state index in [1.165, 1.54) is 4.57 Å². The van der Waals surface area contributed by atoms with E-state index in [1.54, 1.807) is 48.7 Å². The highest BCUT2D eigenvalue weighted by molar-refractivity contribution is 6.31. The molecule has 4 rings (SSSR count). The number of aliphatic imine (C=N–C) groups is 1. The fraction of sp³-hybridized carbons (Fsp3) is 0.367. The molecule has 0 unspecified atom stereocenters. The topological polar surface area (TPSA) is 124 Å². The Morgan fingerprint density at radius 2 is 1.90 bits per heavy atom. The number of nitrogens with one attached hydrogen (secondary N) is 1. The molecule has 4 aromatic rings. The van der Waals surface area contributed by atoms with E-state index in [-0.39, 0.29) is 24.1 Å². The van der Waals surface area contributed by atoms with Gasteiger partial charge >= 0.3 is 5.69 Å². The monoisotopic (exact) mass is 584 g/mol. The van der Waals surface area contributed by atoms with Crippen LogP contribution in [0.1, 0.15) is 44.2 Å². The SMILES string of the molecule is CC(C)CCCc1cc(Cl)c(F)c(-c2cc3cn(-c4ccc(CO[C@@H](CF)CCN=C(N)N)cc4)c(=O)nc3[nH]2)c1. The van der Waals surface area contributed by atoms with E-state index >= 15 is 4.39 Å². The number of fused-ring (bicyclic) bond motifs is 1. The van der Waals surface area contributed by atoms with Crippen molar-refractivity contribution in [3.8, 4) is 16.9 Å². The Balaban J connectivity index is 1.52. The average molecular weight is 585 g/mol. The molecule has 2 aromatic heterocycles. The van der Waals surface area contributed by atoms with Crippen molar-refractivity contribution < 1.29 is 13.5 Å². The van der Waals surface area contributed by atoms with Crippen molar-refractivity contribution in [3.05, 3.63) is 81.1 Å². The summed E-state index contributed by atoms with van der Waals surface area (Å²) in [5.74, 6) is 0.0182. The molecule has 8 nitrogen and oxygen atoms in total. The summed E-state index contributed by atoms with van der Waals surface area (Å²) in [5.41, 5.74) is 13.6. The standard InChI is InChI=1S/C30H35ClF2N6O2/c1-18(2)4-3-5-20-12-24(27(33)25(31)13-20)26-14-21-16-39(30(40)38-28(21)37-26)22-8-6-19(7-9-22)17-41-23(15-32)10-11-36-29(34)35/h6-9,12-14,16,18,23H,3-5,10-11,15,17H2,1-2H3,(H4,34,35,36)(H,37,38,40)/t23-/m1/s1. The van der Waals surface area contributed by atoms with Crippen LogP contribution in [0.4, 0.5) is 8.78 Å². The number of H-pyrrole nitrogens is 1. The molecule has 41 heavy (non-hydrogen) atoms. The normalized spacial score (nSPS) is 12.2. The lowest BCUT2D eigenvalue weighted by Gasteiger charge is -2.14. The number of aryl methyl sites for hydroxylation is 1. The van der Waals surface area contributed by atoms with Crippen LogP contribution in [-0.4, -0.2) is 39.8 Å². The summed E-state index contributed by atoms with van der Waals surface area (Å²) in [7, 11) is 0. The minimum atomic E-state index is -0.656. The molecule has 0 aliphatic heterocycles. The molecule has 5 N–H and O–H groups in total. The number of rotatable bonds is 13. The van der Waals surface area contributed by atoms with Crippen molar-refractivity contribution in [1.29, 1.82) is 0 Å². The molecule has 1 atom stereocenters. The van der Waals surface area contributed by atoms with Crippen molar-refractivity contribution in [1.82, 2.24) is 14.5 Å². The number of ether oxygens (including phenoxy) is 1. The minimum Gasteiger partial charge on any atom is -0.371 e. The van der Waals surface area contributed by atoms with Crippen molar-refractivity contribution in [2.45, 2.75) is 52.2 Å². The summed E-state index contributed by atoms with van der Waals surface area (Å²) < 4.78 is 35.4. The molecule has 2 aromatic carbocycles. The summed E-state index contributed by atoms with van der Waals surface area (Å²) in [4.78, 5) is 24.0. The Hall–Kier alpha value is -3.76. The Labute approximate surface area is 242 Å². The van der Waals surface area contributed by atoms with E-state index in [2.05, 4.69) is 28.8 Å². The summed E-state index contributed by atoms with van der Waals surface area (Å²) >= 11 is 6.23. The smallest absolute Gasteiger partial charge is 0.354 e. The number of aromatic nitrogens is 3. The number of nitrogens with zero attached hydrogens (tertiary/aromatic N) is 3. The Kier molecular flexibility index (Phi) is 10.1. The molecular weight excluding hydrogens is 550 g/mol. The Bertz CT molecular complexity index is 1560. The van der Waals surface area contributed by atoms with Crippen LogP contribution in [0.25, 0.3) is 28.0 Å². The molecule has 0 saturated carbocycles. The van der Waals surface area contributed by atoms with Crippen LogP contribution in [0.5, 0.6) is 0 Å². The number of hydrogen-bond acceptors (Lipinski definition) is 4. The second-order valence-corrected chi connectivity index (χ2v) is 10.9. The zero-order valence-corrected chi connectivity index (χ0v) is 23.9. The fourth-order valence-corrected chi connectivity index (χ4v) is 4.78. The average Bonchev–Trinajstić information content (AvgIpc) is 3.34. The van der Waals surface area contributed by atoms with Gasteiger partial charge in [0.1, 0.15) is 12.3 Å². The highest BCUT2D eigenvalue weighted by atomic mass is 35.5. The quantitative estimate of drug-likeness (QED) is 0.138. The zero-order valence-electron chi connectivity index (χ0n) is 23.2. The lowest BCUT2D eigenvalue weighted by Crippen LogP contribution is -2.24. The maximum atomic E-state index is 15.1. The van der Waals surface area contributed by atoms with Crippen LogP contribution in [-0.2, 0) is 17.8 Å². The van der Waals surface area contributed by atoms with E-state index in [4.69, 9.17) is 27.8 Å². The summed E-state index contributed by atoms with van der Waals surface area (Å²) in [6.45, 7) is 4.15. The fourth-order valence-electron chi connectivity index (χ4n) is 4.53. The molecule has 0 amide bonds. The molecule has 0 saturated heterocycles. The van der Waals surface area contributed by atoms with Crippen molar-refractivity contribution in [2.24, 2.45) is 22.4 Å². The van der Waals surface area contributed by atoms with Crippen LogP contribution < -0.4 is 17.2 Å². The van der Waals surface area contributed by atoms with E-state index < -0.39 is 24.3 Å². The number of alkyl halides is 1. The first-order valence-corrected chi connectivity index (χ1v) is 14.0. The van der Waals surface area contributed by atoms with Gasteiger partial charge in [-0.25, -0.2) is 13.6 Å². The number of benzene rings is 2. The summed E-state index contributed by atoms with van der Waals surface area (Å²) in [5, 5.41) is 0.697. The van der Waals surface area contributed by atoms with Gasteiger partial charge in [0.2, 0.25) is 0 Å². The van der Waals surface area contributed by atoms with Gasteiger partial charge in [0.15, 0.2) is 11.8 Å². The van der Waals surface area contributed by atoms with Crippen LogP contribution in [0, 0.1) is 11.7 Å². The molecule has 11 heteroatoms. The van der Waals surface area contributed by atoms with Gasteiger partial charge < -0.3 is 21.2 Å². The van der Waals surface area contributed by atoms with Crippen molar-refractivity contribution >= 4 is 28.6 Å². The third kappa shape index (κ3) is 7.92. The zero-order chi connectivity index (χ0) is 29.5. The molecule has 0 aliphatic rings. The lowest BCUT2D eigenvalue weighted by atomic mass is 10.00. The molecular formula is C30H35ClF2N6O2. The van der Waals surface area contributed by atoms with E-state index in [9.17, 15) is 9.18 Å². The highest BCUT2D eigenvalue weighted by Crippen LogP contribution is 2.31. The Morgan fingerprint density at radius 3 is 2.59 bits per heavy atom. The number of nitrogens with two attached hydrogens (primary N) is 2. The second kappa shape index (κ2) is 13.7. The van der Waals surface area contributed by atoms with Crippen LogP contribution >= 0.6 is 11.6 Å². The largest absolute Gasteiger partial charge is 0.371 e. The van der Waals surface area contributed by atoms with E-state index in [0.717, 1.165) is 30.4 Å². The summed E-state index contributed by atoms with van der Waals surface area (Å²) in [6.07, 6.45) is 4.22. The third-order valence-electron chi connectivity index (χ3n) is 6.75. The predicted molar refractivity (Wildman–Crippen MR) is 160 cm³/mol. The maximum Gasteiger partial charge on any atom is 0.354 e. The molecule has 0 radical (unpaired) electrons. The van der Waals surface area contributed by atoms with Crippen LogP contribution in [0.15, 0.2) is 58.4 Å². The molecule has 0 aliphatic carbocycles. The van der Waals surface area contributed by atoms with Gasteiger partial charge in [0.25, 0.3) is 0 Å². The van der Waals surface area contributed by atoms with Gasteiger partial charge in [-0.05, 0) is 66.6 Å². The number of aromatic amines is 1. The number of hydrogen-bond donors (Lipinski definition) is 3. The summed E-state index contributed by atoms with van der Waals surface area (Å²) in [6, 6.07) is 12.3. The molecule has 2 heterocycles. The molecule has 0 spiro atoms. The van der Waals surface area contributed by atoms with Gasteiger partial charge in [0, 0.05) is 23.7 Å². The molecule has 0 fully saturated rings. The predicted octanol–water partition coefficient (Wildman–Crippen LogP) is 5.67. The number of halogens is 3. The minimum absolute atomic E-state index is 0.0461. The van der Waals surface area contributed by atoms with E-state index in [1.807, 2.05) is 0 Å². The van der Waals surface area contributed by atoms with Gasteiger partial charge in [0.05, 0.1) is 29.1 Å². The van der Waals surface area contributed by atoms with Crippen LogP contribution in [0.2, 0.25) is 5.02 Å². The maximum absolute atomic E-state index is 15.1. The van der Waals surface area contributed by atoms with E-state index in [0.29, 0.717) is 40.3 Å². The Morgan fingerprint density at radius 1 is 1.15 bits per heavy atom. The van der Waals surface area contributed by atoms with Gasteiger partial charge in [-0.1, -0.05) is 44.0 Å². The molecule has 218 valence electrons. The first kappa shape index (κ1) is 30.2.